The van der Waals surface area contributed by atoms with Gasteiger partial charge in [0.05, 0.1) is 11.0 Å². The molecular weight excluding hydrogens is 229 g/mol. The van der Waals surface area contributed by atoms with Gasteiger partial charge in [0.25, 0.3) is 0 Å². The van der Waals surface area contributed by atoms with Crippen molar-refractivity contribution >= 4 is 17.0 Å². The van der Waals surface area contributed by atoms with Crippen molar-refractivity contribution in [2.75, 3.05) is 5.73 Å². The molecule has 1 saturated carbocycles. The fraction of sp³-hybridized carbons (Fsp3) is 0.500. The predicted octanol–water partition coefficient (Wildman–Crippen LogP) is 3.34. The summed E-state index contributed by atoms with van der Waals surface area (Å²) in [5.41, 5.74) is 7.82. The van der Waals surface area contributed by atoms with Crippen molar-refractivity contribution in [2.24, 2.45) is 5.41 Å². The lowest BCUT2D eigenvalue weighted by Gasteiger charge is -2.24. The maximum atomic E-state index is 13.4. The van der Waals surface area contributed by atoms with Crippen molar-refractivity contribution in [1.82, 2.24) is 9.55 Å². The maximum absolute atomic E-state index is 13.4. The number of nitrogens with zero attached hydrogens (tertiary/aromatic N) is 2. The SMILES string of the molecule is CC1(Cn2c(N)nc3ccc(F)cc32)CCCC1. The molecule has 0 amide bonds. The lowest BCUT2D eigenvalue weighted by molar-refractivity contribution is 0.287. The number of fused-ring (bicyclic) bond motifs is 1. The van der Waals surface area contributed by atoms with E-state index in [1.165, 1.54) is 37.8 Å². The van der Waals surface area contributed by atoms with E-state index >= 15 is 0 Å². The number of nitrogen functional groups attached to an aromatic ring is 1. The highest BCUT2D eigenvalue weighted by Crippen LogP contribution is 2.40. The number of hydrogen-bond donors (Lipinski definition) is 1. The van der Waals surface area contributed by atoms with E-state index in [0.29, 0.717) is 5.95 Å². The minimum Gasteiger partial charge on any atom is -0.369 e. The Balaban J connectivity index is 2.05. The highest BCUT2D eigenvalue weighted by molar-refractivity contribution is 5.78. The van der Waals surface area contributed by atoms with Crippen LogP contribution in [0.25, 0.3) is 11.0 Å². The Bertz CT molecular complexity index is 582. The lowest BCUT2D eigenvalue weighted by atomic mass is 9.89. The summed E-state index contributed by atoms with van der Waals surface area (Å²) in [5, 5.41) is 0. The van der Waals surface area contributed by atoms with Gasteiger partial charge in [-0.2, -0.15) is 0 Å². The quantitative estimate of drug-likeness (QED) is 0.884. The summed E-state index contributed by atoms with van der Waals surface area (Å²) in [6, 6.07) is 4.64. The van der Waals surface area contributed by atoms with Gasteiger partial charge in [-0.1, -0.05) is 19.8 Å². The number of hydrogen-bond acceptors (Lipinski definition) is 2. The van der Waals surface area contributed by atoms with Gasteiger partial charge in [-0.3, -0.25) is 0 Å². The fourth-order valence-electron chi connectivity index (χ4n) is 3.05. The normalized spacial score (nSPS) is 18.6. The Morgan fingerprint density at radius 3 is 2.83 bits per heavy atom. The predicted molar refractivity (Wildman–Crippen MR) is 70.7 cm³/mol. The Labute approximate surface area is 106 Å². The Hall–Kier alpha value is -1.58. The zero-order valence-corrected chi connectivity index (χ0v) is 10.6. The second kappa shape index (κ2) is 3.97. The lowest BCUT2D eigenvalue weighted by Crippen LogP contribution is -2.20. The third-order valence-electron chi connectivity index (χ3n) is 4.09. The van der Waals surface area contributed by atoms with E-state index < -0.39 is 0 Å². The van der Waals surface area contributed by atoms with Crippen LogP contribution in [0.1, 0.15) is 32.6 Å². The molecule has 4 heteroatoms. The molecule has 1 fully saturated rings. The minimum absolute atomic E-state index is 0.236. The molecule has 18 heavy (non-hydrogen) atoms. The van der Waals surface area contributed by atoms with E-state index in [9.17, 15) is 4.39 Å². The molecule has 3 rings (SSSR count). The number of rotatable bonds is 2. The van der Waals surface area contributed by atoms with E-state index in [1.54, 1.807) is 6.07 Å². The summed E-state index contributed by atoms with van der Waals surface area (Å²) in [5.74, 6) is 0.254. The number of aromatic nitrogens is 2. The molecule has 96 valence electrons. The van der Waals surface area contributed by atoms with Gasteiger partial charge in [-0.15, -0.1) is 0 Å². The molecule has 1 aromatic heterocycles. The molecular formula is C14H18FN3. The first kappa shape index (κ1) is 11.5. The monoisotopic (exact) mass is 247 g/mol. The summed E-state index contributed by atoms with van der Waals surface area (Å²) < 4.78 is 15.3. The molecule has 0 radical (unpaired) electrons. The average Bonchev–Trinajstić information content (AvgIpc) is 2.86. The second-order valence-corrected chi connectivity index (χ2v) is 5.71. The first-order valence-corrected chi connectivity index (χ1v) is 6.49. The molecule has 0 bridgehead atoms. The Morgan fingerprint density at radius 1 is 1.39 bits per heavy atom. The highest BCUT2D eigenvalue weighted by Gasteiger charge is 2.30. The van der Waals surface area contributed by atoms with Crippen molar-refractivity contribution in [3.63, 3.8) is 0 Å². The first-order chi connectivity index (χ1) is 8.57. The maximum Gasteiger partial charge on any atom is 0.201 e. The summed E-state index contributed by atoms with van der Waals surface area (Å²) in [4.78, 5) is 4.30. The number of imidazole rings is 1. The molecule has 0 saturated heterocycles. The van der Waals surface area contributed by atoms with Crippen molar-refractivity contribution in [2.45, 2.75) is 39.2 Å². The number of halogens is 1. The average molecular weight is 247 g/mol. The zero-order valence-electron chi connectivity index (χ0n) is 10.6. The summed E-state index contributed by atoms with van der Waals surface area (Å²) in [6.45, 7) is 3.11. The van der Waals surface area contributed by atoms with Crippen molar-refractivity contribution in [3.05, 3.63) is 24.0 Å². The van der Waals surface area contributed by atoms with Gasteiger partial charge in [0.2, 0.25) is 5.95 Å². The van der Waals surface area contributed by atoms with Crippen LogP contribution in [-0.2, 0) is 6.54 Å². The number of anilines is 1. The molecule has 0 spiro atoms. The van der Waals surface area contributed by atoms with Gasteiger partial charge < -0.3 is 10.3 Å². The van der Waals surface area contributed by atoms with Crippen LogP contribution in [-0.4, -0.2) is 9.55 Å². The third-order valence-corrected chi connectivity index (χ3v) is 4.09. The molecule has 1 aliphatic carbocycles. The number of benzene rings is 1. The Kier molecular flexibility index (Phi) is 2.54. The molecule has 0 unspecified atom stereocenters. The van der Waals surface area contributed by atoms with Crippen LogP contribution >= 0.6 is 0 Å². The van der Waals surface area contributed by atoms with Crippen LogP contribution in [0, 0.1) is 11.2 Å². The Morgan fingerprint density at radius 2 is 2.11 bits per heavy atom. The van der Waals surface area contributed by atoms with Crippen LogP contribution in [0.3, 0.4) is 0 Å². The highest BCUT2D eigenvalue weighted by atomic mass is 19.1. The molecule has 0 aliphatic heterocycles. The zero-order chi connectivity index (χ0) is 12.8. The van der Waals surface area contributed by atoms with Crippen molar-refractivity contribution in [1.29, 1.82) is 0 Å². The van der Waals surface area contributed by atoms with Gasteiger partial charge >= 0.3 is 0 Å². The van der Waals surface area contributed by atoms with Gasteiger partial charge in [0.15, 0.2) is 0 Å². The molecule has 1 aromatic carbocycles. The standard InChI is InChI=1S/C14H18FN3/c1-14(6-2-3-7-14)9-18-12-8-10(15)4-5-11(12)17-13(18)16/h4-5,8H,2-3,6-7,9H2,1H3,(H2,16,17). The van der Waals surface area contributed by atoms with E-state index in [1.807, 2.05) is 4.57 Å². The third kappa shape index (κ3) is 1.85. The van der Waals surface area contributed by atoms with Gasteiger partial charge in [-0.25, -0.2) is 9.37 Å². The smallest absolute Gasteiger partial charge is 0.201 e. The van der Waals surface area contributed by atoms with Gasteiger partial charge in [-0.05, 0) is 36.5 Å². The molecule has 2 aromatic rings. The molecule has 1 aliphatic rings. The summed E-state index contributed by atoms with van der Waals surface area (Å²) in [6.07, 6.45) is 4.97. The fourth-order valence-corrected chi connectivity index (χ4v) is 3.05. The minimum atomic E-state index is -0.236. The van der Waals surface area contributed by atoms with Crippen LogP contribution in [0.4, 0.5) is 10.3 Å². The topological polar surface area (TPSA) is 43.8 Å². The molecule has 3 nitrogen and oxygen atoms in total. The second-order valence-electron chi connectivity index (χ2n) is 5.71. The van der Waals surface area contributed by atoms with E-state index in [-0.39, 0.29) is 11.2 Å². The van der Waals surface area contributed by atoms with E-state index in [0.717, 1.165) is 17.6 Å². The van der Waals surface area contributed by atoms with Crippen molar-refractivity contribution in [3.8, 4) is 0 Å². The van der Waals surface area contributed by atoms with Crippen LogP contribution in [0.2, 0.25) is 0 Å². The van der Waals surface area contributed by atoms with E-state index in [4.69, 9.17) is 5.73 Å². The van der Waals surface area contributed by atoms with Crippen LogP contribution in [0.5, 0.6) is 0 Å². The van der Waals surface area contributed by atoms with E-state index in [2.05, 4.69) is 11.9 Å². The summed E-state index contributed by atoms with van der Waals surface area (Å²) >= 11 is 0. The number of nitrogens with two attached hydrogens (primary N) is 1. The summed E-state index contributed by atoms with van der Waals surface area (Å²) in [7, 11) is 0. The molecule has 1 heterocycles. The largest absolute Gasteiger partial charge is 0.369 e. The first-order valence-electron chi connectivity index (χ1n) is 6.49. The van der Waals surface area contributed by atoms with Gasteiger partial charge in [0.1, 0.15) is 5.82 Å². The van der Waals surface area contributed by atoms with Crippen LogP contribution < -0.4 is 5.73 Å². The van der Waals surface area contributed by atoms with Gasteiger partial charge in [0, 0.05) is 6.54 Å². The molecule has 0 atom stereocenters. The van der Waals surface area contributed by atoms with Crippen molar-refractivity contribution < 1.29 is 4.39 Å². The molecule has 2 N–H and O–H groups in total. The van der Waals surface area contributed by atoms with Crippen LogP contribution in [0.15, 0.2) is 18.2 Å².